The van der Waals surface area contributed by atoms with Crippen LogP contribution in [0.15, 0.2) is 12.1 Å². The van der Waals surface area contributed by atoms with Crippen molar-refractivity contribution in [3.8, 4) is 6.07 Å². The van der Waals surface area contributed by atoms with Crippen molar-refractivity contribution in [2.24, 2.45) is 0 Å². The summed E-state index contributed by atoms with van der Waals surface area (Å²) in [6.45, 7) is 0. The number of halogens is 2. The van der Waals surface area contributed by atoms with Crippen LogP contribution in [-0.4, -0.2) is 11.1 Å². The second-order valence-electron chi connectivity index (χ2n) is 2.59. The number of nitrogens with zero attached hydrogens (tertiary/aromatic N) is 1. The maximum atomic E-state index is 11.4. The third kappa shape index (κ3) is 2.06. The Hall–Kier alpha value is -1.05. The molecule has 0 saturated carbocycles. The monoisotopic (exact) mass is 272 g/mol. The van der Waals surface area contributed by atoms with E-state index in [1.807, 2.05) is 6.07 Å². The quantitative estimate of drug-likeness (QED) is 0.511. The van der Waals surface area contributed by atoms with Crippen LogP contribution >= 0.6 is 27.5 Å². The molecule has 0 heterocycles. The fourth-order valence-corrected chi connectivity index (χ4v) is 1.51. The first-order valence-corrected chi connectivity index (χ1v) is 5.18. The van der Waals surface area contributed by atoms with Gasteiger partial charge in [-0.1, -0.05) is 27.5 Å². The Bertz CT molecular complexity index is 426. The van der Waals surface area contributed by atoms with Gasteiger partial charge in [-0.05, 0) is 12.1 Å². The van der Waals surface area contributed by atoms with Crippen LogP contribution in [0, 0.1) is 11.3 Å². The predicted octanol–water partition coefficient (Wildman–Crippen LogP) is 2.37. The highest BCUT2D eigenvalue weighted by Gasteiger charge is 2.12. The van der Waals surface area contributed by atoms with Crippen LogP contribution in [0.3, 0.4) is 0 Å². The molecule has 0 bridgehead atoms. The van der Waals surface area contributed by atoms with E-state index in [9.17, 15) is 4.79 Å². The number of carbonyl (C=O) groups excluding carboxylic acids is 1. The minimum absolute atomic E-state index is 0.155. The zero-order valence-corrected chi connectivity index (χ0v) is 9.39. The Kier molecular flexibility index (Phi) is 3.50. The summed E-state index contributed by atoms with van der Waals surface area (Å²) in [6, 6.07) is 4.77. The van der Waals surface area contributed by atoms with Crippen molar-refractivity contribution >= 4 is 39.0 Å². The van der Waals surface area contributed by atoms with Gasteiger partial charge in [-0.3, -0.25) is 4.79 Å². The first kappa shape index (κ1) is 11.0. The van der Waals surface area contributed by atoms with Crippen LogP contribution in [0.1, 0.15) is 15.9 Å². The number of ketones is 1. The van der Waals surface area contributed by atoms with Crippen molar-refractivity contribution < 1.29 is 4.79 Å². The maximum absolute atomic E-state index is 11.4. The Morgan fingerprint density at radius 2 is 2.29 bits per heavy atom. The van der Waals surface area contributed by atoms with E-state index in [2.05, 4.69) is 15.9 Å². The molecule has 0 spiro atoms. The molecule has 0 radical (unpaired) electrons. The van der Waals surface area contributed by atoms with Crippen molar-refractivity contribution in [2.75, 3.05) is 11.1 Å². The molecule has 1 aromatic carbocycles. The number of nitriles is 1. The normalized spacial score (nSPS) is 9.50. The average molecular weight is 274 g/mol. The second-order valence-corrected chi connectivity index (χ2v) is 3.56. The molecule has 14 heavy (non-hydrogen) atoms. The number of alkyl halides is 1. The highest BCUT2D eigenvalue weighted by atomic mass is 79.9. The summed E-state index contributed by atoms with van der Waals surface area (Å²) >= 11 is 8.78. The van der Waals surface area contributed by atoms with Crippen molar-refractivity contribution in [3.05, 3.63) is 28.3 Å². The lowest BCUT2D eigenvalue weighted by atomic mass is 10.1. The van der Waals surface area contributed by atoms with E-state index in [0.29, 0.717) is 5.56 Å². The number of rotatable bonds is 2. The summed E-state index contributed by atoms with van der Waals surface area (Å²) in [6.07, 6.45) is 0. The van der Waals surface area contributed by atoms with Crippen molar-refractivity contribution in [3.63, 3.8) is 0 Å². The van der Waals surface area contributed by atoms with Crippen LogP contribution in [0.2, 0.25) is 5.02 Å². The van der Waals surface area contributed by atoms with Crippen molar-refractivity contribution in [1.82, 2.24) is 0 Å². The number of nitrogen functional groups attached to an aromatic ring is 1. The largest absolute Gasteiger partial charge is 0.397 e. The van der Waals surface area contributed by atoms with Crippen LogP contribution in [0.5, 0.6) is 0 Å². The Morgan fingerprint density at radius 3 is 2.79 bits per heavy atom. The fraction of sp³-hybridized carbons (Fsp3) is 0.111. The third-order valence-electron chi connectivity index (χ3n) is 1.68. The molecule has 0 amide bonds. The standard InChI is InChI=1S/C9H6BrClN2O/c10-3-8(14)6-1-5(4-12)2-7(11)9(6)13/h1-2H,3,13H2. The van der Waals surface area contributed by atoms with E-state index >= 15 is 0 Å². The molecular formula is C9H6BrClN2O. The summed E-state index contributed by atoms with van der Waals surface area (Å²) in [5.74, 6) is -0.193. The lowest BCUT2D eigenvalue weighted by Gasteiger charge is -2.05. The number of nitrogens with two attached hydrogens (primary N) is 1. The second kappa shape index (κ2) is 4.45. The summed E-state index contributed by atoms with van der Waals surface area (Å²) in [5.41, 5.74) is 6.43. The van der Waals surface area contributed by atoms with Gasteiger partial charge in [-0.25, -0.2) is 0 Å². The molecule has 0 saturated heterocycles. The number of hydrogen-bond donors (Lipinski definition) is 1. The molecule has 0 unspecified atom stereocenters. The zero-order valence-electron chi connectivity index (χ0n) is 7.05. The molecule has 0 aliphatic carbocycles. The molecular weight excluding hydrogens is 267 g/mol. The molecule has 1 aromatic rings. The van der Waals surface area contributed by atoms with Gasteiger partial charge in [0.1, 0.15) is 0 Å². The van der Waals surface area contributed by atoms with Gasteiger partial charge in [0.05, 0.1) is 27.7 Å². The molecule has 1 rings (SSSR count). The maximum Gasteiger partial charge on any atom is 0.175 e. The van der Waals surface area contributed by atoms with E-state index in [4.69, 9.17) is 22.6 Å². The van der Waals surface area contributed by atoms with Gasteiger partial charge < -0.3 is 5.73 Å². The van der Waals surface area contributed by atoms with Gasteiger partial charge in [-0.15, -0.1) is 0 Å². The van der Waals surface area contributed by atoms with Gasteiger partial charge >= 0.3 is 0 Å². The topological polar surface area (TPSA) is 66.9 Å². The van der Waals surface area contributed by atoms with E-state index in [-0.39, 0.29) is 27.4 Å². The average Bonchev–Trinajstić information content (AvgIpc) is 2.20. The SMILES string of the molecule is N#Cc1cc(Cl)c(N)c(C(=O)CBr)c1. The van der Waals surface area contributed by atoms with E-state index in [1.165, 1.54) is 12.1 Å². The third-order valence-corrected chi connectivity index (χ3v) is 2.50. The molecule has 2 N–H and O–H groups in total. The van der Waals surface area contributed by atoms with Gasteiger partial charge in [0.25, 0.3) is 0 Å². The molecule has 5 heteroatoms. The fourth-order valence-electron chi connectivity index (χ4n) is 0.985. The summed E-state index contributed by atoms with van der Waals surface area (Å²) in [4.78, 5) is 11.4. The van der Waals surface area contributed by atoms with Gasteiger partial charge in [0, 0.05) is 5.56 Å². The lowest BCUT2D eigenvalue weighted by molar-refractivity contribution is 0.102. The Labute approximate surface area is 94.6 Å². The highest BCUT2D eigenvalue weighted by molar-refractivity contribution is 9.09. The van der Waals surface area contributed by atoms with Gasteiger partial charge in [-0.2, -0.15) is 5.26 Å². The van der Waals surface area contributed by atoms with E-state index in [1.54, 1.807) is 0 Å². The molecule has 0 atom stereocenters. The minimum Gasteiger partial charge on any atom is -0.397 e. The van der Waals surface area contributed by atoms with Crippen molar-refractivity contribution in [1.29, 1.82) is 5.26 Å². The molecule has 3 nitrogen and oxygen atoms in total. The molecule has 0 aromatic heterocycles. The van der Waals surface area contributed by atoms with Crippen molar-refractivity contribution in [2.45, 2.75) is 0 Å². The van der Waals surface area contributed by atoms with E-state index in [0.717, 1.165) is 0 Å². The van der Waals surface area contributed by atoms with Crippen LogP contribution in [-0.2, 0) is 0 Å². The number of hydrogen-bond acceptors (Lipinski definition) is 3. The van der Waals surface area contributed by atoms with Crippen LogP contribution in [0.25, 0.3) is 0 Å². The summed E-state index contributed by atoms with van der Waals surface area (Å²) < 4.78 is 0. The van der Waals surface area contributed by atoms with Crippen LogP contribution in [0.4, 0.5) is 5.69 Å². The first-order valence-electron chi connectivity index (χ1n) is 3.68. The number of anilines is 1. The van der Waals surface area contributed by atoms with Crippen LogP contribution < -0.4 is 5.73 Å². The Balaban J connectivity index is 3.36. The zero-order chi connectivity index (χ0) is 10.7. The Morgan fingerprint density at radius 1 is 1.64 bits per heavy atom. The molecule has 72 valence electrons. The number of Topliss-reactive ketones (excluding diaryl/α,β-unsaturated/α-hetero) is 1. The summed E-state index contributed by atoms with van der Waals surface area (Å²) in [7, 11) is 0. The molecule has 0 aliphatic heterocycles. The molecule has 0 fully saturated rings. The van der Waals surface area contributed by atoms with Gasteiger partial charge in [0.2, 0.25) is 0 Å². The minimum atomic E-state index is -0.193. The molecule has 0 aliphatic rings. The number of benzene rings is 1. The van der Waals surface area contributed by atoms with E-state index < -0.39 is 0 Å². The first-order chi connectivity index (χ1) is 6.60. The van der Waals surface area contributed by atoms with Gasteiger partial charge in [0.15, 0.2) is 5.78 Å². The predicted molar refractivity (Wildman–Crippen MR) is 58.7 cm³/mol. The summed E-state index contributed by atoms with van der Waals surface area (Å²) in [5, 5.41) is 9.04. The highest BCUT2D eigenvalue weighted by Crippen LogP contribution is 2.25. The number of carbonyl (C=O) groups is 1. The lowest BCUT2D eigenvalue weighted by Crippen LogP contribution is -2.05. The smallest absolute Gasteiger partial charge is 0.175 e.